The molecule has 0 aliphatic carbocycles. The Morgan fingerprint density at radius 2 is 2.17 bits per heavy atom. The largest absolute Gasteiger partial charge is 0.508 e. The summed E-state index contributed by atoms with van der Waals surface area (Å²) in [6.45, 7) is 1.35. The standard InChI is InChI=1S/C11H14N2O5/c1-7(6-14)12(2)11(16)9-5-8(15)3-4-10(9)13(17)18/h3-5,7,14-15H,6H2,1-2H3. The molecule has 1 amide bonds. The van der Waals surface area contributed by atoms with Gasteiger partial charge in [-0.05, 0) is 19.1 Å². The monoisotopic (exact) mass is 254 g/mol. The van der Waals surface area contributed by atoms with Gasteiger partial charge in [-0.3, -0.25) is 14.9 Å². The minimum atomic E-state index is -0.690. The molecule has 0 aliphatic heterocycles. The molecule has 0 fully saturated rings. The molecule has 1 rings (SSSR count). The topological polar surface area (TPSA) is 104 Å². The van der Waals surface area contributed by atoms with Gasteiger partial charge in [-0.1, -0.05) is 0 Å². The van der Waals surface area contributed by atoms with Crippen molar-refractivity contribution in [2.24, 2.45) is 0 Å². The van der Waals surface area contributed by atoms with Gasteiger partial charge in [0, 0.05) is 13.1 Å². The number of phenols is 1. The van der Waals surface area contributed by atoms with Crippen molar-refractivity contribution in [1.29, 1.82) is 0 Å². The van der Waals surface area contributed by atoms with Crippen LogP contribution in [-0.4, -0.2) is 45.6 Å². The molecule has 98 valence electrons. The average molecular weight is 254 g/mol. The van der Waals surface area contributed by atoms with E-state index in [1.54, 1.807) is 6.92 Å². The second kappa shape index (κ2) is 5.46. The predicted octanol–water partition coefficient (Wildman–Crippen LogP) is 0.753. The number of aliphatic hydroxyl groups is 1. The summed E-state index contributed by atoms with van der Waals surface area (Å²) in [6, 6.07) is 2.78. The molecule has 0 heterocycles. The first-order chi connectivity index (χ1) is 8.38. The SMILES string of the molecule is CC(CO)N(C)C(=O)c1cc(O)ccc1[N+](=O)[O-]. The molecule has 0 saturated heterocycles. The quantitative estimate of drug-likeness (QED) is 0.609. The van der Waals surface area contributed by atoms with Gasteiger partial charge in [0.15, 0.2) is 0 Å². The molecule has 7 nitrogen and oxygen atoms in total. The summed E-state index contributed by atoms with van der Waals surface area (Å²) in [5, 5.41) is 29.1. The smallest absolute Gasteiger partial charge is 0.282 e. The molecular weight excluding hydrogens is 240 g/mol. The lowest BCUT2D eigenvalue weighted by atomic mass is 10.1. The van der Waals surface area contributed by atoms with Crippen LogP contribution in [0.25, 0.3) is 0 Å². The molecule has 0 saturated carbocycles. The fraction of sp³-hybridized carbons (Fsp3) is 0.364. The fourth-order valence-electron chi connectivity index (χ4n) is 1.37. The van der Waals surface area contributed by atoms with E-state index >= 15 is 0 Å². The van der Waals surface area contributed by atoms with Crippen molar-refractivity contribution in [2.75, 3.05) is 13.7 Å². The van der Waals surface area contributed by atoms with Crippen LogP contribution in [0.2, 0.25) is 0 Å². The predicted molar refractivity (Wildman–Crippen MR) is 63.4 cm³/mol. The summed E-state index contributed by atoms with van der Waals surface area (Å²) < 4.78 is 0. The van der Waals surface area contributed by atoms with E-state index in [-0.39, 0.29) is 23.6 Å². The van der Waals surface area contributed by atoms with E-state index < -0.39 is 16.9 Å². The second-order valence-electron chi connectivity index (χ2n) is 3.91. The molecular formula is C11H14N2O5. The number of nitrogens with zero attached hydrogens (tertiary/aromatic N) is 2. The van der Waals surface area contributed by atoms with Crippen LogP contribution in [0.5, 0.6) is 5.75 Å². The summed E-state index contributed by atoms with van der Waals surface area (Å²) in [5.74, 6) is -0.854. The number of amides is 1. The fourth-order valence-corrected chi connectivity index (χ4v) is 1.37. The Balaban J connectivity index is 3.19. The highest BCUT2D eigenvalue weighted by Gasteiger charge is 2.25. The Morgan fingerprint density at radius 1 is 1.56 bits per heavy atom. The number of nitro groups is 1. The van der Waals surface area contributed by atoms with Crippen molar-refractivity contribution >= 4 is 11.6 Å². The number of aliphatic hydroxyl groups excluding tert-OH is 1. The minimum Gasteiger partial charge on any atom is -0.508 e. The number of hydrogen-bond acceptors (Lipinski definition) is 5. The maximum absolute atomic E-state index is 12.0. The summed E-state index contributed by atoms with van der Waals surface area (Å²) in [5.41, 5.74) is -0.586. The van der Waals surface area contributed by atoms with Crippen LogP contribution in [0.15, 0.2) is 18.2 Å². The molecule has 18 heavy (non-hydrogen) atoms. The number of phenolic OH excluding ortho intramolecular Hbond substituents is 1. The number of benzene rings is 1. The van der Waals surface area contributed by atoms with Gasteiger partial charge in [0.2, 0.25) is 0 Å². The maximum atomic E-state index is 12.0. The summed E-state index contributed by atoms with van der Waals surface area (Å²) in [4.78, 5) is 23.3. The molecule has 0 bridgehead atoms. The second-order valence-corrected chi connectivity index (χ2v) is 3.91. The molecule has 1 aromatic carbocycles. The maximum Gasteiger partial charge on any atom is 0.282 e. The Morgan fingerprint density at radius 3 is 2.67 bits per heavy atom. The van der Waals surface area contributed by atoms with Crippen molar-refractivity contribution in [3.05, 3.63) is 33.9 Å². The van der Waals surface area contributed by atoms with E-state index in [1.165, 1.54) is 11.9 Å². The first-order valence-electron chi connectivity index (χ1n) is 5.24. The molecule has 0 radical (unpaired) electrons. The number of carbonyl (C=O) groups excluding carboxylic acids is 1. The number of likely N-dealkylation sites (N-methyl/N-ethyl adjacent to an activating group) is 1. The number of rotatable bonds is 4. The van der Waals surface area contributed by atoms with E-state index in [9.17, 15) is 20.0 Å². The third-order valence-corrected chi connectivity index (χ3v) is 2.65. The van der Waals surface area contributed by atoms with Gasteiger partial charge < -0.3 is 15.1 Å². The van der Waals surface area contributed by atoms with Crippen molar-refractivity contribution < 1.29 is 19.9 Å². The molecule has 1 unspecified atom stereocenters. The third-order valence-electron chi connectivity index (χ3n) is 2.65. The van der Waals surface area contributed by atoms with Crippen molar-refractivity contribution in [3.63, 3.8) is 0 Å². The lowest BCUT2D eigenvalue weighted by Crippen LogP contribution is -2.37. The number of carbonyl (C=O) groups is 1. The van der Waals surface area contributed by atoms with Crippen LogP contribution in [0.4, 0.5) is 5.69 Å². The normalized spacial score (nSPS) is 11.9. The Kier molecular flexibility index (Phi) is 4.22. The van der Waals surface area contributed by atoms with Crippen LogP contribution in [0.3, 0.4) is 0 Å². The van der Waals surface area contributed by atoms with E-state index in [2.05, 4.69) is 0 Å². The first kappa shape index (κ1) is 13.9. The molecule has 2 N–H and O–H groups in total. The third kappa shape index (κ3) is 2.75. The highest BCUT2D eigenvalue weighted by molar-refractivity contribution is 5.98. The molecule has 0 aromatic heterocycles. The van der Waals surface area contributed by atoms with Crippen LogP contribution in [-0.2, 0) is 0 Å². The Hall–Kier alpha value is -2.15. The lowest BCUT2D eigenvalue weighted by Gasteiger charge is -2.23. The van der Waals surface area contributed by atoms with E-state index in [4.69, 9.17) is 5.11 Å². The van der Waals surface area contributed by atoms with Gasteiger partial charge in [-0.25, -0.2) is 0 Å². The van der Waals surface area contributed by atoms with Gasteiger partial charge >= 0.3 is 0 Å². The molecule has 0 spiro atoms. The van der Waals surface area contributed by atoms with Crippen molar-refractivity contribution in [1.82, 2.24) is 4.90 Å². The average Bonchev–Trinajstić information content (AvgIpc) is 2.35. The molecule has 0 aliphatic rings. The Bertz CT molecular complexity index is 475. The van der Waals surface area contributed by atoms with Crippen LogP contribution < -0.4 is 0 Å². The van der Waals surface area contributed by atoms with Gasteiger partial charge in [0.25, 0.3) is 11.6 Å². The number of hydrogen-bond donors (Lipinski definition) is 2. The Labute approximate surface area is 103 Å². The highest BCUT2D eigenvalue weighted by Crippen LogP contribution is 2.24. The zero-order valence-corrected chi connectivity index (χ0v) is 10.0. The van der Waals surface area contributed by atoms with Crippen LogP contribution in [0.1, 0.15) is 17.3 Å². The van der Waals surface area contributed by atoms with Gasteiger partial charge in [-0.15, -0.1) is 0 Å². The zero-order chi connectivity index (χ0) is 13.9. The summed E-state index contributed by atoms with van der Waals surface area (Å²) >= 11 is 0. The number of nitro benzene ring substituents is 1. The van der Waals surface area contributed by atoms with Crippen molar-refractivity contribution in [2.45, 2.75) is 13.0 Å². The van der Waals surface area contributed by atoms with E-state index in [1.807, 2.05) is 0 Å². The van der Waals surface area contributed by atoms with Crippen LogP contribution >= 0.6 is 0 Å². The zero-order valence-electron chi connectivity index (χ0n) is 10.0. The lowest BCUT2D eigenvalue weighted by molar-refractivity contribution is -0.385. The molecule has 1 atom stereocenters. The first-order valence-corrected chi connectivity index (χ1v) is 5.24. The van der Waals surface area contributed by atoms with Crippen molar-refractivity contribution in [3.8, 4) is 5.75 Å². The summed E-state index contributed by atoms with van der Waals surface area (Å²) in [6.07, 6.45) is 0. The van der Waals surface area contributed by atoms with E-state index in [0.717, 1.165) is 18.2 Å². The van der Waals surface area contributed by atoms with E-state index in [0.29, 0.717) is 0 Å². The van der Waals surface area contributed by atoms with Gasteiger partial charge in [-0.2, -0.15) is 0 Å². The molecule has 1 aromatic rings. The van der Waals surface area contributed by atoms with Gasteiger partial charge in [0.1, 0.15) is 11.3 Å². The van der Waals surface area contributed by atoms with Gasteiger partial charge in [0.05, 0.1) is 17.6 Å². The van der Waals surface area contributed by atoms with Crippen LogP contribution in [0, 0.1) is 10.1 Å². The molecule has 7 heteroatoms. The number of aromatic hydroxyl groups is 1. The highest BCUT2D eigenvalue weighted by atomic mass is 16.6. The minimum absolute atomic E-state index is 0.206. The summed E-state index contributed by atoms with van der Waals surface area (Å²) in [7, 11) is 1.43.